The van der Waals surface area contributed by atoms with Crippen LogP contribution in [0.1, 0.15) is 22.6 Å². The van der Waals surface area contributed by atoms with Gasteiger partial charge in [-0.2, -0.15) is 0 Å². The standard InChI is InChI=1S/C17H18BrClO/c1-12-3-5-13(6-4-12)15(11-18)9-14-10-16(19)7-8-17(14)20-2/h3-8,10,15H,9,11H2,1-2H3. The van der Waals surface area contributed by atoms with Gasteiger partial charge in [0.05, 0.1) is 7.11 Å². The molecule has 0 amide bonds. The summed E-state index contributed by atoms with van der Waals surface area (Å²) in [4.78, 5) is 0. The van der Waals surface area contributed by atoms with E-state index in [1.54, 1.807) is 7.11 Å². The number of hydrogen-bond donors (Lipinski definition) is 0. The lowest BCUT2D eigenvalue weighted by atomic mass is 9.93. The van der Waals surface area contributed by atoms with E-state index in [1.807, 2.05) is 18.2 Å². The smallest absolute Gasteiger partial charge is 0.122 e. The summed E-state index contributed by atoms with van der Waals surface area (Å²) in [7, 11) is 1.70. The molecule has 1 unspecified atom stereocenters. The molecule has 0 fully saturated rings. The molecule has 0 aliphatic carbocycles. The first-order valence-corrected chi connectivity index (χ1v) is 8.09. The second kappa shape index (κ2) is 7.14. The second-order valence-electron chi connectivity index (χ2n) is 4.92. The zero-order valence-electron chi connectivity index (χ0n) is 11.7. The van der Waals surface area contributed by atoms with Crippen molar-refractivity contribution >= 4 is 27.5 Å². The highest BCUT2D eigenvalue weighted by Crippen LogP contribution is 2.30. The first-order valence-electron chi connectivity index (χ1n) is 6.59. The van der Waals surface area contributed by atoms with Gasteiger partial charge >= 0.3 is 0 Å². The van der Waals surface area contributed by atoms with Crippen LogP contribution < -0.4 is 4.74 Å². The maximum atomic E-state index is 6.10. The predicted molar refractivity (Wildman–Crippen MR) is 89.4 cm³/mol. The summed E-state index contributed by atoms with van der Waals surface area (Å²) in [5, 5.41) is 1.66. The van der Waals surface area contributed by atoms with Gasteiger partial charge in [-0.25, -0.2) is 0 Å². The lowest BCUT2D eigenvalue weighted by Gasteiger charge is -2.17. The molecule has 0 saturated heterocycles. The maximum Gasteiger partial charge on any atom is 0.122 e. The number of halogens is 2. The van der Waals surface area contributed by atoms with E-state index < -0.39 is 0 Å². The van der Waals surface area contributed by atoms with E-state index in [9.17, 15) is 0 Å². The van der Waals surface area contributed by atoms with Crippen molar-refractivity contribution < 1.29 is 4.74 Å². The zero-order valence-corrected chi connectivity index (χ0v) is 14.0. The van der Waals surface area contributed by atoms with E-state index in [0.717, 1.165) is 28.1 Å². The first kappa shape index (κ1) is 15.4. The molecule has 0 radical (unpaired) electrons. The molecule has 1 nitrogen and oxygen atoms in total. The largest absolute Gasteiger partial charge is 0.496 e. The SMILES string of the molecule is COc1ccc(Cl)cc1CC(CBr)c1ccc(C)cc1. The normalized spacial score (nSPS) is 12.2. The minimum atomic E-state index is 0.406. The fourth-order valence-corrected chi connectivity index (χ4v) is 3.07. The van der Waals surface area contributed by atoms with Crippen LogP contribution in [0.25, 0.3) is 0 Å². The van der Waals surface area contributed by atoms with E-state index in [0.29, 0.717) is 5.92 Å². The lowest BCUT2D eigenvalue weighted by molar-refractivity contribution is 0.408. The van der Waals surface area contributed by atoms with Crippen LogP contribution in [-0.2, 0) is 6.42 Å². The summed E-state index contributed by atoms with van der Waals surface area (Å²) in [5.74, 6) is 1.30. The molecule has 0 spiro atoms. The highest BCUT2D eigenvalue weighted by Gasteiger charge is 2.14. The van der Waals surface area contributed by atoms with E-state index in [2.05, 4.69) is 47.1 Å². The van der Waals surface area contributed by atoms with Gasteiger partial charge in [0.25, 0.3) is 0 Å². The van der Waals surface area contributed by atoms with Gasteiger partial charge in [0, 0.05) is 10.4 Å². The van der Waals surface area contributed by atoms with E-state index in [-0.39, 0.29) is 0 Å². The van der Waals surface area contributed by atoms with Gasteiger partial charge in [-0.1, -0.05) is 57.4 Å². The van der Waals surface area contributed by atoms with Gasteiger partial charge < -0.3 is 4.74 Å². The van der Waals surface area contributed by atoms with Gasteiger partial charge in [-0.15, -0.1) is 0 Å². The first-order chi connectivity index (χ1) is 9.63. The van der Waals surface area contributed by atoms with Gasteiger partial charge in [0.15, 0.2) is 0 Å². The number of alkyl halides is 1. The summed E-state index contributed by atoms with van der Waals surface area (Å²) in [6, 6.07) is 14.5. The average molecular weight is 354 g/mol. The fraction of sp³-hybridized carbons (Fsp3) is 0.294. The fourth-order valence-electron chi connectivity index (χ4n) is 2.27. The molecule has 2 aromatic carbocycles. The summed E-state index contributed by atoms with van der Waals surface area (Å²) in [6.45, 7) is 2.10. The molecule has 0 N–H and O–H groups in total. The summed E-state index contributed by atoms with van der Waals surface area (Å²) < 4.78 is 5.43. The van der Waals surface area contributed by atoms with Crippen molar-refractivity contribution in [3.8, 4) is 5.75 Å². The minimum absolute atomic E-state index is 0.406. The second-order valence-corrected chi connectivity index (χ2v) is 6.01. The molecular weight excluding hydrogens is 336 g/mol. The van der Waals surface area contributed by atoms with Crippen molar-refractivity contribution in [3.05, 3.63) is 64.2 Å². The third-order valence-electron chi connectivity index (χ3n) is 3.44. The van der Waals surface area contributed by atoms with Crippen LogP contribution in [-0.4, -0.2) is 12.4 Å². The topological polar surface area (TPSA) is 9.23 Å². The van der Waals surface area contributed by atoms with Crippen LogP contribution >= 0.6 is 27.5 Å². The molecular formula is C17H18BrClO. The number of rotatable bonds is 5. The Kier molecular flexibility index (Phi) is 5.50. The zero-order chi connectivity index (χ0) is 14.5. The molecule has 0 heterocycles. The predicted octanol–water partition coefficient (Wildman–Crippen LogP) is 5.38. The van der Waals surface area contributed by atoms with Gasteiger partial charge in [-0.3, -0.25) is 0 Å². The average Bonchev–Trinajstić information content (AvgIpc) is 2.46. The number of methoxy groups -OCH3 is 1. The Hall–Kier alpha value is -0.990. The molecule has 0 saturated carbocycles. The van der Waals surface area contributed by atoms with Crippen LogP contribution in [0.4, 0.5) is 0 Å². The molecule has 20 heavy (non-hydrogen) atoms. The highest BCUT2D eigenvalue weighted by atomic mass is 79.9. The minimum Gasteiger partial charge on any atom is -0.496 e. The van der Waals surface area contributed by atoms with Crippen LogP contribution in [0.3, 0.4) is 0 Å². The third kappa shape index (κ3) is 3.77. The van der Waals surface area contributed by atoms with Crippen LogP contribution in [0.2, 0.25) is 5.02 Å². The molecule has 106 valence electrons. The molecule has 3 heteroatoms. The molecule has 0 aliphatic heterocycles. The van der Waals surface area contributed by atoms with Crippen molar-refractivity contribution in [2.24, 2.45) is 0 Å². The molecule has 0 aromatic heterocycles. The van der Waals surface area contributed by atoms with Gasteiger partial charge in [0.2, 0.25) is 0 Å². The number of aryl methyl sites for hydroxylation is 1. The number of benzene rings is 2. The highest BCUT2D eigenvalue weighted by molar-refractivity contribution is 9.09. The Morgan fingerprint density at radius 1 is 1.15 bits per heavy atom. The summed E-state index contributed by atoms with van der Waals surface area (Å²) in [6.07, 6.45) is 0.901. The van der Waals surface area contributed by atoms with Crippen molar-refractivity contribution in [1.82, 2.24) is 0 Å². The van der Waals surface area contributed by atoms with Crippen molar-refractivity contribution in [1.29, 1.82) is 0 Å². The summed E-state index contributed by atoms with van der Waals surface area (Å²) in [5.41, 5.74) is 3.75. The lowest BCUT2D eigenvalue weighted by Crippen LogP contribution is -2.06. The molecule has 0 bridgehead atoms. The number of hydrogen-bond acceptors (Lipinski definition) is 1. The maximum absolute atomic E-state index is 6.10. The molecule has 2 aromatic rings. The Morgan fingerprint density at radius 2 is 1.85 bits per heavy atom. The van der Waals surface area contributed by atoms with Crippen molar-refractivity contribution in [3.63, 3.8) is 0 Å². The number of ether oxygens (including phenoxy) is 1. The quantitative estimate of drug-likeness (QED) is 0.656. The van der Waals surface area contributed by atoms with E-state index in [4.69, 9.17) is 16.3 Å². The van der Waals surface area contributed by atoms with Crippen molar-refractivity contribution in [2.45, 2.75) is 19.3 Å². The van der Waals surface area contributed by atoms with E-state index >= 15 is 0 Å². The summed E-state index contributed by atoms with van der Waals surface area (Å²) >= 11 is 9.72. The van der Waals surface area contributed by atoms with E-state index in [1.165, 1.54) is 11.1 Å². The van der Waals surface area contributed by atoms with Crippen LogP contribution in [0.5, 0.6) is 5.75 Å². The Balaban J connectivity index is 2.26. The monoisotopic (exact) mass is 352 g/mol. The van der Waals surface area contributed by atoms with Crippen LogP contribution in [0.15, 0.2) is 42.5 Å². The Morgan fingerprint density at radius 3 is 2.45 bits per heavy atom. The molecule has 1 atom stereocenters. The van der Waals surface area contributed by atoms with Gasteiger partial charge in [-0.05, 0) is 48.6 Å². The van der Waals surface area contributed by atoms with Crippen molar-refractivity contribution in [2.75, 3.05) is 12.4 Å². The van der Waals surface area contributed by atoms with Crippen LogP contribution in [0, 0.1) is 6.92 Å². The Labute approximate surface area is 134 Å². The Bertz CT molecular complexity index is 566. The van der Waals surface area contributed by atoms with Gasteiger partial charge in [0.1, 0.15) is 5.75 Å². The molecule has 0 aliphatic rings. The third-order valence-corrected chi connectivity index (χ3v) is 4.46. The molecule has 2 rings (SSSR count).